The van der Waals surface area contributed by atoms with E-state index in [0.29, 0.717) is 43.2 Å². The zero-order chi connectivity index (χ0) is 20.1. The van der Waals surface area contributed by atoms with Crippen molar-refractivity contribution >= 4 is 33.2 Å². The van der Waals surface area contributed by atoms with Gasteiger partial charge < -0.3 is 15.4 Å². The van der Waals surface area contributed by atoms with Crippen LogP contribution in [0.2, 0.25) is 0 Å². The van der Waals surface area contributed by atoms with Gasteiger partial charge in [-0.05, 0) is 42.5 Å². The van der Waals surface area contributed by atoms with Crippen LogP contribution in [-0.2, 0) is 19.6 Å². The molecule has 9 heteroatoms. The number of anilines is 2. The molecule has 0 bridgehead atoms. The lowest BCUT2D eigenvalue weighted by Crippen LogP contribution is -2.40. The van der Waals surface area contributed by atoms with Crippen LogP contribution in [-0.4, -0.2) is 50.8 Å². The van der Waals surface area contributed by atoms with Crippen molar-refractivity contribution in [3.05, 3.63) is 54.1 Å². The Bertz CT molecular complexity index is 967. The van der Waals surface area contributed by atoms with Crippen LogP contribution in [0.5, 0.6) is 0 Å². The zero-order valence-electron chi connectivity index (χ0n) is 15.3. The van der Waals surface area contributed by atoms with E-state index in [1.807, 2.05) is 0 Å². The SMILES string of the molecule is CC(=O)Nc1ccc(C(=O)Nc2cccc(S(=O)(=O)N3CCOCC3)c2)cc1. The molecular formula is C19H21N3O5S. The van der Waals surface area contributed by atoms with Crippen LogP contribution in [0.3, 0.4) is 0 Å². The molecule has 8 nitrogen and oxygen atoms in total. The van der Waals surface area contributed by atoms with E-state index in [1.54, 1.807) is 36.4 Å². The van der Waals surface area contributed by atoms with Crippen LogP contribution >= 0.6 is 0 Å². The molecule has 3 rings (SSSR count). The van der Waals surface area contributed by atoms with Crippen molar-refractivity contribution in [1.29, 1.82) is 0 Å². The van der Waals surface area contributed by atoms with E-state index >= 15 is 0 Å². The lowest BCUT2D eigenvalue weighted by molar-refractivity contribution is -0.114. The van der Waals surface area contributed by atoms with Gasteiger partial charge in [0.15, 0.2) is 0 Å². The summed E-state index contributed by atoms with van der Waals surface area (Å²) < 4.78 is 32.1. The number of amides is 2. The minimum Gasteiger partial charge on any atom is -0.379 e. The van der Waals surface area contributed by atoms with E-state index in [9.17, 15) is 18.0 Å². The number of benzene rings is 2. The van der Waals surface area contributed by atoms with Gasteiger partial charge in [-0.2, -0.15) is 4.31 Å². The summed E-state index contributed by atoms with van der Waals surface area (Å²) in [5.41, 5.74) is 1.35. The summed E-state index contributed by atoms with van der Waals surface area (Å²) in [5.74, 6) is -0.578. The second kappa shape index (κ2) is 8.51. The maximum Gasteiger partial charge on any atom is 0.255 e. The van der Waals surface area contributed by atoms with Crippen LogP contribution < -0.4 is 10.6 Å². The summed E-state index contributed by atoms with van der Waals surface area (Å²) in [5, 5.41) is 5.32. The predicted octanol–water partition coefficient (Wildman–Crippen LogP) is 1.92. The smallest absolute Gasteiger partial charge is 0.255 e. The third-order valence-electron chi connectivity index (χ3n) is 4.17. The molecule has 0 saturated carbocycles. The van der Waals surface area contributed by atoms with E-state index in [-0.39, 0.29) is 16.7 Å². The van der Waals surface area contributed by atoms with Crippen molar-refractivity contribution in [3.63, 3.8) is 0 Å². The number of sulfonamides is 1. The Morgan fingerprint density at radius 2 is 1.64 bits per heavy atom. The molecule has 1 heterocycles. The van der Waals surface area contributed by atoms with Crippen molar-refractivity contribution in [2.45, 2.75) is 11.8 Å². The summed E-state index contributed by atoms with van der Waals surface area (Å²) in [6, 6.07) is 12.6. The fourth-order valence-electron chi connectivity index (χ4n) is 2.78. The van der Waals surface area contributed by atoms with Crippen molar-refractivity contribution in [1.82, 2.24) is 4.31 Å². The fraction of sp³-hybridized carbons (Fsp3) is 0.263. The standard InChI is InChI=1S/C19H21N3O5S/c1-14(23)20-16-7-5-15(6-8-16)19(24)21-17-3-2-4-18(13-17)28(25,26)22-9-11-27-12-10-22/h2-8,13H,9-12H2,1H3,(H,20,23)(H,21,24). The van der Waals surface area contributed by atoms with Gasteiger partial charge in [-0.15, -0.1) is 0 Å². The first-order valence-corrected chi connectivity index (χ1v) is 10.2. The lowest BCUT2D eigenvalue weighted by atomic mass is 10.2. The normalized spacial score (nSPS) is 15.0. The van der Waals surface area contributed by atoms with Gasteiger partial charge >= 0.3 is 0 Å². The molecule has 2 amide bonds. The highest BCUT2D eigenvalue weighted by Crippen LogP contribution is 2.21. The molecule has 0 aliphatic carbocycles. The van der Waals surface area contributed by atoms with E-state index in [2.05, 4.69) is 10.6 Å². The van der Waals surface area contributed by atoms with Crippen molar-refractivity contribution in [3.8, 4) is 0 Å². The Morgan fingerprint density at radius 1 is 0.964 bits per heavy atom. The Morgan fingerprint density at radius 3 is 2.29 bits per heavy atom. The molecule has 1 aliphatic heterocycles. The summed E-state index contributed by atoms with van der Waals surface area (Å²) in [7, 11) is -3.64. The maximum atomic E-state index is 12.7. The molecular weight excluding hydrogens is 382 g/mol. The molecule has 0 atom stereocenters. The van der Waals surface area contributed by atoms with Crippen molar-refractivity contribution < 1.29 is 22.7 Å². The quantitative estimate of drug-likeness (QED) is 0.794. The van der Waals surface area contributed by atoms with Gasteiger partial charge in [0.25, 0.3) is 5.91 Å². The minimum absolute atomic E-state index is 0.119. The zero-order valence-corrected chi connectivity index (χ0v) is 16.2. The van der Waals surface area contributed by atoms with Gasteiger partial charge in [0.05, 0.1) is 18.1 Å². The largest absolute Gasteiger partial charge is 0.379 e. The Kier molecular flexibility index (Phi) is 6.08. The lowest BCUT2D eigenvalue weighted by Gasteiger charge is -2.26. The molecule has 0 radical (unpaired) electrons. The number of rotatable bonds is 5. The summed E-state index contributed by atoms with van der Waals surface area (Å²) in [6.45, 7) is 2.74. The number of nitrogens with one attached hydrogen (secondary N) is 2. The number of carbonyl (C=O) groups is 2. The molecule has 1 fully saturated rings. The number of hydrogen-bond donors (Lipinski definition) is 2. The molecule has 2 N–H and O–H groups in total. The van der Waals surface area contributed by atoms with Crippen molar-refractivity contribution in [2.75, 3.05) is 36.9 Å². The Hall–Kier alpha value is -2.75. The topological polar surface area (TPSA) is 105 Å². The van der Waals surface area contributed by atoms with Gasteiger partial charge in [0, 0.05) is 37.0 Å². The van der Waals surface area contributed by atoms with Crippen LogP contribution in [0, 0.1) is 0 Å². The van der Waals surface area contributed by atoms with E-state index in [4.69, 9.17) is 4.74 Å². The predicted molar refractivity (Wildman–Crippen MR) is 105 cm³/mol. The highest BCUT2D eigenvalue weighted by atomic mass is 32.2. The number of ether oxygens (including phenoxy) is 1. The number of nitrogens with zero attached hydrogens (tertiary/aromatic N) is 1. The average Bonchev–Trinajstić information content (AvgIpc) is 2.69. The van der Waals surface area contributed by atoms with Gasteiger partial charge in [0.2, 0.25) is 15.9 Å². The van der Waals surface area contributed by atoms with Gasteiger partial charge in [-0.3, -0.25) is 9.59 Å². The number of carbonyl (C=O) groups excluding carboxylic acids is 2. The van der Waals surface area contributed by atoms with Crippen LogP contribution in [0.4, 0.5) is 11.4 Å². The van der Waals surface area contributed by atoms with E-state index < -0.39 is 10.0 Å². The monoisotopic (exact) mass is 403 g/mol. The number of hydrogen-bond acceptors (Lipinski definition) is 5. The van der Waals surface area contributed by atoms with Crippen LogP contribution in [0.25, 0.3) is 0 Å². The Balaban J connectivity index is 1.73. The van der Waals surface area contributed by atoms with Gasteiger partial charge in [-0.1, -0.05) is 6.07 Å². The molecule has 2 aromatic rings. The third kappa shape index (κ3) is 4.75. The molecule has 1 saturated heterocycles. The molecule has 0 unspecified atom stereocenters. The maximum absolute atomic E-state index is 12.7. The first-order chi connectivity index (χ1) is 13.4. The molecule has 1 aliphatic rings. The first-order valence-electron chi connectivity index (χ1n) is 8.73. The summed E-state index contributed by atoms with van der Waals surface area (Å²) in [6.07, 6.45) is 0. The molecule has 148 valence electrons. The number of morpholine rings is 1. The first kappa shape index (κ1) is 20.0. The molecule has 2 aromatic carbocycles. The summed E-state index contributed by atoms with van der Waals surface area (Å²) >= 11 is 0. The molecule has 0 spiro atoms. The van der Waals surface area contributed by atoms with Crippen LogP contribution in [0.15, 0.2) is 53.4 Å². The fourth-order valence-corrected chi connectivity index (χ4v) is 4.24. The highest BCUT2D eigenvalue weighted by Gasteiger charge is 2.26. The minimum atomic E-state index is -3.64. The average molecular weight is 403 g/mol. The van der Waals surface area contributed by atoms with Crippen LogP contribution in [0.1, 0.15) is 17.3 Å². The van der Waals surface area contributed by atoms with E-state index in [0.717, 1.165) is 0 Å². The molecule has 0 aromatic heterocycles. The highest BCUT2D eigenvalue weighted by molar-refractivity contribution is 7.89. The summed E-state index contributed by atoms with van der Waals surface area (Å²) in [4.78, 5) is 23.6. The third-order valence-corrected chi connectivity index (χ3v) is 6.06. The van der Waals surface area contributed by atoms with Crippen molar-refractivity contribution in [2.24, 2.45) is 0 Å². The Labute approximate surface area is 163 Å². The van der Waals surface area contributed by atoms with Gasteiger partial charge in [-0.25, -0.2) is 8.42 Å². The van der Waals surface area contributed by atoms with E-state index in [1.165, 1.54) is 23.4 Å². The van der Waals surface area contributed by atoms with Gasteiger partial charge in [0.1, 0.15) is 0 Å². The molecule has 28 heavy (non-hydrogen) atoms. The second-order valence-electron chi connectivity index (χ2n) is 6.26. The second-order valence-corrected chi connectivity index (χ2v) is 8.19.